The molecule has 4 aliphatic carbocycles. The summed E-state index contributed by atoms with van der Waals surface area (Å²) in [6.45, 7) is 6.80. The third kappa shape index (κ3) is 17.4. The van der Waals surface area contributed by atoms with Gasteiger partial charge in [0.05, 0.1) is 17.5 Å². The molecule has 5 fully saturated rings. The molecule has 14 atom stereocenters. The van der Waals surface area contributed by atoms with Crippen molar-refractivity contribution in [3.63, 3.8) is 0 Å². The van der Waals surface area contributed by atoms with Crippen LogP contribution in [0.25, 0.3) is 11.1 Å². The van der Waals surface area contributed by atoms with Gasteiger partial charge in [0.15, 0.2) is 11.5 Å². The number of phenolic OH excluding ortho intramolecular Hbond substituents is 3. The molecule has 0 radical (unpaired) electrons. The van der Waals surface area contributed by atoms with E-state index >= 15 is 28.8 Å². The number of phenols is 3. The smallest absolute Gasteiger partial charge is 0.325 e. The third-order valence-corrected chi connectivity index (χ3v) is 22.8. The normalized spacial score (nSPS) is 28.0. The molecule has 6 heterocycles. The van der Waals surface area contributed by atoms with Crippen LogP contribution in [0.5, 0.6) is 46.0 Å². The molecule has 6 aliphatic heterocycles. The number of aliphatic hydroxyl groups excluding tert-OH is 5. The van der Waals surface area contributed by atoms with E-state index in [0.29, 0.717) is 11.8 Å². The minimum absolute atomic E-state index is 0.0320. The van der Waals surface area contributed by atoms with Crippen molar-refractivity contribution in [1.29, 1.82) is 0 Å². The van der Waals surface area contributed by atoms with Crippen molar-refractivity contribution in [3.8, 4) is 57.1 Å². The summed E-state index contributed by atoms with van der Waals surface area (Å²) in [6.07, 6.45) is -7.27. The number of anilines is 1. The molecule has 32 nitrogen and oxygen atoms in total. The van der Waals surface area contributed by atoms with Crippen LogP contribution < -0.4 is 73.1 Å². The Balaban J connectivity index is 0.991. The molecule has 6 aromatic rings. The number of halogens is 1. The number of unbranched alkanes of at least 4 members (excludes halogenated alkanes) is 1. The minimum atomic E-state index is -2.33. The van der Waals surface area contributed by atoms with E-state index in [2.05, 4.69) is 53.2 Å². The number of amides is 10. The number of ether oxygens (including phenoxy) is 4. The van der Waals surface area contributed by atoms with E-state index < -0.39 is 192 Å². The lowest BCUT2D eigenvalue weighted by Crippen LogP contribution is -2.60. The second-order valence-electron chi connectivity index (χ2n) is 31.0. The number of likely N-dealkylation sites (N-methyl/N-ethyl adjacent to an activating group) is 1. The molecule has 15 bridgehead atoms. The first-order valence-corrected chi connectivity index (χ1v) is 38.6. The van der Waals surface area contributed by atoms with E-state index in [4.69, 9.17) is 36.3 Å². The van der Waals surface area contributed by atoms with Crippen LogP contribution in [0.4, 0.5) is 10.5 Å². The fourth-order valence-corrected chi connectivity index (χ4v) is 17.1. The van der Waals surface area contributed by atoms with Gasteiger partial charge >= 0.3 is 6.03 Å². The van der Waals surface area contributed by atoms with E-state index in [-0.39, 0.29) is 91.4 Å². The molecule has 20 N–H and O–H groups in total. The average Bonchev–Trinajstić information content (AvgIpc) is 0.755. The van der Waals surface area contributed by atoms with Gasteiger partial charge in [0, 0.05) is 35.5 Å². The van der Waals surface area contributed by atoms with Crippen molar-refractivity contribution in [2.75, 3.05) is 18.9 Å². The first-order valence-electron chi connectivity index (χ1n) is 38.2. The highest BCUT2D eigenvalue weighted by Gasteiger charge is 2.51. The Morgan fingerprint density at radius 1 is 0.649 bits per heavy atom. The van der Waals surface area contributed by atoms with Gasteiger partial charge in [-0.05, 0) is 201 Å². The topological polar surface area (TPSA) is 499 Å². The highest BCUT2D eigenvalue weighted by molar-refractivity contribution is 6.32. The van der Waals surface area contributed by atoms with Crippen molar-refractivity contribution in [2.24, 2.45) is 35.3 Å². The van der Waals surface area contributed by atoms with Crippen molar-refractivity contribution < 1.29 is 103 Å². The van der Waals surface area contributed by atoms with Gasteiger partial charge in [0.25, 0.3) is 0 Å². The second kappa shape index (κ2) is 34.2. The Morgan fingerprint density at radius 2 is 1.29 bits per heavy atom. The van der Waals surface area contributed by atoms with Crippen molar-refractivity contribution in [1.82, 2.24) is 47.9 Å². The van der Waals surface area contributed by atoms with Crippen LogP contribution in [0.15, 0.2) is 103 Å². The number of imide groups is 1. The number of nitrogens with two attached hydrogens (primary N) is 1. The molecule has 0 aromatic heterocycles. The summed E-state index contributed by atoms with van der Waals surface area (Å²) in [5.74, 6) is -12.5. The number of carbonyl (C=O) groups is 9. The van der Waals surface area contributed by atoms with Crippen LogP contribution in [0.3, 0.4) is 0 Å². The summed E-state index contributed by atoms with van der Waals surface area (Å²) >= 11 is 7.19. The predicted molar refractivity (Wildman–Crippen MR) is 409 cm³/mol. The number of benzene rings is 6. The van der Waals surface area contributed by atoms with Gasteiger partial charge in [0.1, 0.15) is 102 Å². The van der Waals surface area contributed by atoms with E-state index in [0.717, 1.165) is 99.4 Å². The van der Waals surface area contributed by atoms with Gasteiger partial charge in [0.2, 0.25) is 59.3 Å². The van der Waals surface area contributed by atoms with Crippen LogP contribution in [0.1, 0.15) is 148 Å². The van der Waals surface area contributed by atoms with E-state index in [1.54, 1.807) is 24.3 Å². The maximum atomic E-state index is 16.4. The lowest BCUT2D eigenvalue weighted by molar-refractivity contribution is -0.270. The Kier molecular flexibility index (Phi) is 24.4. The van der Waals surface area contributed by atoms with Crippen LogP contribution in [-0.4, -0.2) is 169 Å². The molecule has 0 unspecified atom stereocenters. The number of aryl methyl sites for hydroxylation is 2. The number of aromatic hydroxyl groups is 3. The fourth-order valence-electron chi connectivity index (χ4n) is 16.8. The Hall–Kier alpha value is -10.7. The summed E-state index contributed by atoms with van der Waals surface area (Å²) in [7, 11) is 1.50. The summed E-state index contributed by atoms with van der Waals surface area (Å²) in [5, 5.41) is 121. The number of urea groups is 1. The van der Waals surface area contributed by atoms with Crippen molar-refractivity contribution in [3.05, 3.63) is 147 Å². The Morgan fingerprint density at radius 3 is 1.94 bits per heavy atom. The number of aliphatic hydroxyl groups is 5. The zero-order valence-corrected chi connectivity index (χ0v) is 63.7. The maximum Gasteiger partial charge on any atom is 0.325 e. The predicted octanol–water partition coefficient (Wildman–Crippen LogP) is 4.55. The molecule has 4 saturated carbocycles. The summed E-state index contributed by atoms with van der Waals surface area (Å²) in [4.78, 5) is 137. The molecule has 0 spiro atoms. The van der Waals surface area contributed by atoms with Crippen LogP contribution >= 0.6 is 11.6 Å². The Bertz CT molecular complexity index is 4690. The number of hydrogen-bond acceptors (Lipinski definition) is 23. The van der Waals surface area contributed by atoms with E-state index in [1.165, 1.54) is 50.4 Å². The zero-order chi connectivity index (χ0) is 81.4. The molecule has 33 heteroatoms. The molecular formula is C81H94ClN11O21. The molecule has 6 aromatic carbocycles. The third-order valence-electron chi connectivity index (χ3n) is 22.5. The van der Waals surface area contributed by atoms with Gasteiger partial charge in [-0.3, -0.25) is 43.7 Å². The first kappa shape index (κ1) is 81.3. The minimum Gasteiger partial charge on any atom is -0.508 e. The second-order valence-corrected chi connectivity index (χ2v) is 31.4. The molecule has 1 saturated heterocycles. The zero-order valence-electron chi connectivity index (χ0n) is 63.0. The number of fused-ring (bicyclic) bond motifs is 15. The summed E-state index contributed by atoms with van der Waals surface area (Å²) in [6, 6.07) is 6.75. The van der Waals surface area contributed by atoms with Crippen molar-refractivity contribution >= 4 is 70.6 Å². The Labute approximate surface area is 660 Å². The lowest BCUT2D eigenvalue weighted by atomic mass is 9.54. The highest BCUT2D eigenvalue weighted by atomic mass is 35.5. The SMILES string of the molecule is CCCCc1ccc(NC(=O)NC(=O)C[C@@H]2NC(=O)[C@H](NC(=O)[C@@H](CC(C)C)NC)[C@H](O)c3ccc(c(C)c3)Oc3cc4cc(c3O[C@@H]3O[C@H](CN)[C@@H](O)[C@H](O)[C@H]3O)Oc3ccc(cc3Cl)[C@@H](O)[C@@H]3NC(=O)[C@H](NC(=O)[C@@H]4NC2=O)c2ccc(O)c(c2)-c2c(O)cc(O)cc2[C@@H](C(=O)NC2C4CC5CC(C4)CC2C5)NC3=O)cc1. The summed E-state index contributed by atoms with van der Waals surface area (Å²) < 4.78 is 25.9. The van der Waals surface area contributed by atoms with Gasteiger partial charge in [-0.25, -0.2) is 4.79 Å². The number of hydrogen-bond donors (Lipinski definition) is 19. The monoisotopic (exact) mass is 1590 g/mol. The van der Waals surface area contributed by atoms with Gasteiger partial charge in [-0.15, -0.1) is 0 Å². The molecule has 10 amide bonds. The van der Waals surface area contributed by atoms with E-state index in [1.807, 2.05) is 20.8 Å². The maximum absolute atomic E-state index is 16.4. The number of rotatable bonds is 16. The highest BCUT2D eigenvalue weighted by Crippen LogP contribution is 2.55. The lowest BCUT2D eigenvalue weighted by Gasteiger charge is -2.54. The summed E-state index contributed by atoms with van der Waals surface area (Å²) in [5.41, 5.74) is 5.54. The van der Waals surface area contributed by atoms with Crippen LogP contribution in [0.2, 0.25) is 5.02 Å². The fraction of sp³-hybridized carbons (Fsp3) is 0.444. The van der Waals surface area contributed by atoms with Crippen molar-refractivity contribution in [2.45, 2.75) is 183 Å². The molecule has 16 rings (SSSR count). The molecule has 114 heavy (non-hydrogen) atoms. The average molecular weight is 1590 g/mol. The van der Waals surface area contributed by atoms with Crippen LogP contribution in [-0.2, 0) is 49.5 Å². The molecule has 606 valence electrons. The molecular weight excluding hydrogens is 1500 g/mol. The van der Waals surface area contributed by atoms with Gasteiger partial charge in [-0.1, -0.05) is 69.1 Å². The first-order chi connectivity index (χ1) is 54.4. The van der Waals surface area contributed by atoms with Gasteiger partial charge < -0.3 is 113 Å². The van der Waals surface area contributed by atoms with Gasteiger partial charge in [-0.2, -0.15) is 0 Å². The quantitative estimate of drug-likeness (QED) is 0.0632. The van der Waals surface area contributed by atoms with E-state index in [9.17, 15) is 55.2 Å². The number of nitrogens with one attached hydrogen (secondary N) is 10. The number of carbonyl (C=O) groups excluding carboxylic acids is 9. The molecule has 10 aliphatic rings. The standard InChI is InChI=1S/C81H94ClN11O21/c1-6-7-8-36-9-14-45(15-10-36)85-81(110)87-59(97)32-51-74(104)89-63-44-28-56(111-54-17-12-40(20-35(54)4)67(98)65(78(108)86-51)92-73(103)50(84-5)19-34(2)3)72(114-80-71(102)70(101)69(100)58(33-83)113-80)57(29-44)112-55-18-13-41(27-49(55)82)68(99)66-79(109)91-64(77(107)88-61-42-22-37-21-38(24-42)25-43(61)23-37)48-30-46(94)31-53(96)60(48)47-26-39(11-16-52(47)95)62(75(105)93-66)90-76(63)106/h9-18,20,26-31,34,37-38,42-43,50-51,58,61-71,80,84,94-96,98-102H,6-8,19,21-25,32-33,83H2,1-5H3,(H,86,108)(H,88,107)(H,89,104)(H,90,106)(H,91,109)(H,92,103)(H,93,105)(H2,85,87,97,110)/t37?,38?,42?,43?,50-,51+,58-,61?,62-,63-,64+,65-,66+,67-,68-,69-,70+,71-,80+/m1/s1. The largest absolute Gasteiger partial charge is 0.508 e. The van der Waals surface area contributed by atoms with Crippen LogP contribution in [0, 0.1) is 36.5 Å².